The molecule has 4 rings (SSSR count). The number of allylic oxidation sites excluding steroid dienone is 6. The molecule has 0 saturated heterocycles. The van der Waals surface area contributed by atoms with Gasteiger partial charge in [-0.3, -0.25) is 9.59 Å². The average Bonchev–Trinajstić information content (AvgIpc) is 3.11. The maximum absolute atomic E-state index is 12.0. The molecule has 0 heterocycles. The van der Waals surface area contributed by atoms with Gasteiger partial charge in [0, 0.05) is 11.8 Å². The normalized spacial score (nSPS) is 37.5. The number of carboxylic acids is 1. The molecule has 33 heavy (non-hydrogen) atoms. The van der Waals surface area contributed by atoms with E-state index in [-0.39, 0.29) is 11.2 Å². The Kier molecular flexibility index (Phi) is 7.66. The quantitative estimate of drug-likeness (QED) is 0.273. The van der Waals surface area contributed by atoms with Gasteiger partial charge >= 0.3 is 5.97 Å². The zero-order chi connectivity index (χ0) is 23.5. The highest BCUT2D eigenvalue weighted by Crippen LogP contribution is 2.66. The predicted molar refractivity (Wildman–Crippen MR) is 134 cm³/mol. The number of fused-ring (bicyclic) bond motifs is 5. The number of hydrogen-bond acceptors (Lipinski definition) is 2. The number of ketones is 1. The van der Waals surface area contributed by atoms with E-state index in [0.29, 0.717) is 17.8 Å². The summed E-state index contributed by atoms with van der Waals surface area (Å²) in [6.45, 7) is 4.99. The van der Waals surface area contributed by atoms with Gasteiger partial charge < -0.3 is 5.11 Å². The van der Waals surface area contributed by atoms with E-state index < -0.39 is 5.97 Å². The first-order valence-electron chi connectivity index (χ1n) is 13.7. The van der Waals surface area contributed by atoms with Crippen molar-refractivity contribution in [3.05, 3.63) is 36.0 Å². The summed E-state index contributed by atoms with van der Waals surface area (Å²) in [5, 5.41) is 8.69. The Balaban J connectivity index is 1.25. The summed E-state index contributed by atoms with van der Waals surface area (Å²) in [4.78, 5) is 22.5. The fourth-order valence-corrected chi connectivity index (χ4v) is 8.06. The second-order valence-corrected chi connectivity index (χ2v) is 11.8. The number of aliphatic carboxylic acids is 1. The van der Waals surface area contributed by atoms with E-state index in [2.05, 4.69) is 32.1 Å². The molecule has 0 radical (unpaired) electrons. The van der Waals surface area contributed by atoms with Gasteiger partial charge in [-0.05, 0) is 99.0 Å². The first-order chi connectivity index (χ1) is 15.8. The molecular formula is C30H44O3. The van der Waals surface area contributed by atoms with E-state index in [1.165, 1.54) is 69.8 Å². The fraction of sp³-hybridized carbons (Fsp3) is 0.733. The Labute approximate surface area is 200 Å². The highest BCUT2D eigenvalue weighted by atomic mass is 16.4. The standard InChI is InChI=1S/C30H44O3/c1-29-20-18-27-25(15-13-23-21-24(31)17-19-30(23,27)2)26(29)16-14-22(29)11-9-7-5-3-4-6-8-10-12-28(32)33/h9,11,17,19,21-22,25-27H,3-8,10,12-16,18,20H2,1-2H3,(H,32,33)/b11-9+/t22-,25-,26-,27-,29+,30-/m0/s1. The first kappa shape index (κ1) is 24.5. The molecule has 0 aliphatic heterocycles. The molecule has 4 aliphatic carbocycles. The van der Waals surface area contributed by atoms with Gasteiger partial charge in [0.15, 0.2) is 5.78 Å². The first-order valence-corrected chi connectivity index (χ1v) is 13.7. The van der Waals surface area contributed by atoms with Crippen LogP contribution in [0.4, 0.5) is 0 Å². The average molecular weight is 453 g/mol. The SMILES string of the molecule is C[C@]12CC[C@H]3[C@@H](CCC4=CC(=O)C=C[C@@]43C)[C@@H]1CC[C@@H]2/C=C/CCCCCCCCC(=O)O. The Morgan fingerprint density at radius 3 is 2.58 bits per heavy atom. The zero-order valence-electron chi connectivity index (χ0n) is 20.9. The van der Waals surface area contributed by atoms with Crippen LogP contribution in [0.5, 0.6) is 0 Å². The summed E-state index contributed by atoms with van der Waals surface area (Å²) in [6.07, 6.45) is 27.1. The fourth-order valence-electron chi connectivity index (χ4n) is 8.06. The van der Waals surface area contributed by atoms with Crippen molar-refractivity contribution in [2.24, 2.45) is 34.5 Å². The van der Waals surface area contributed by atoms with Crippen LogP contribution in [0.15, 0.2) is 36.0 Å². The lowest BCUT2D eigenvalue weighted by Gasteiger charge is -2.57. The molecular weight excluding hydrogens is 408 g/mol. The molecule has 4 aliphatic rings. The smallest absolute Gasteiger partial charge is 0.303 e. The van der Waals surface area contributed by atoms with Gasteiger partial charge in [0.1, 0.15) is 0 Å². The number of carboxylic acid groups (broad SMARTS) is 1. The second kappa shape index (κ2) is 10.3. The van der Waals surface area contributed by atoms with Gasteiger partial charge in [-0.1, -0.05) is 63.3 Å². The summed E-state index contributed by atoms with van der Waals surface area (Å²) in [7, 11) is 0. The van der Waals surface area contributed by atoms with Crippen LogP contribution >= 0.6 is 0 Å². The van der Waals surface area contributed by atoms with Crippen molar-refractivity contribution in [3.8, 4) is 0 Å². The van der Waals surface area contributed by atoms with Crippen LogP contribution in [-0.4, -0.2) is 16.9 Å². The Morgan fingerprint density at radius 2 is 1.79 bits per heavy atom. The maximum Gasteiger partial charge on any atom is 0.303 e. The number of unbranched alkanes of at least 4 members (excludes halogenated alkanes) is 6. The van der Waals surface area contributed by atoms with Gasteiger partial charge in [-0.2, -0.15) is 0 Å². The molecule has 182 valence electrons. The minimum atomic E-state index is -0.668. The van der Waals surface area contributed by atoms with Crippen molar-refractivity contribution in [1.29, 1.82) is 0 Å². The van der Waals surface area contributed by atoms with Crippen LogP contribution in [-0.2, 0) is 9.59 Å². The maximum atomic E-state index is 12.0. The third-order valence-electron chi connectivity index (χ3n) is 10.0. The highest BCUT2D eigenvalue weighted by Gasteiger charge is 2.57. The van der Waals surface area contributed by atoms with Gasteiger partial charge in [-0.25, -0.2) is 0 Å². The number of carbonyl (C=O) groups excluding carboxylic acids is 1. The Hall–Kier alpha value is -1.64. The molecule has 0 bridgehead atoms. The van der Waals surface area contributed by atoms with Crippen molar-refractivity contribution < 1.29 is 14.7 Å². The van der Waals surface area contributed by atoms with Gasteiger partial charge in [0.25, 0.3) is 0 Å². The van der Waals surface area contributed by atoms with Crippen molar-refractivity contribution >= 4 is 11.8 Å². The molecule has 0 aromatic heterocycles. The third-order valence-corrected chi connectivity index (χ3v) is 10.0. The molecule has 0 aromatic rings. The van der Waals surface area contributed by atoms with E-state index in [9.17, 15) is 9.59 Å². The van der Waals surface area contributed by atoms with Crippen molar-refractivity contribution in [2.45, 2.75) is 104 Å². The molecule has 6 atom stereocenters. The van der Waals surface area contributed by atoms with Crippen LogP contribution in [0, 0.1) is 34.5 Å². The van der Waals surface area contributed by atoms with Crippen LogP contribution in [0.25, 0.3) is 0 Å². The minimum absolute atomic E-state index is 0.111. The molecule has 0 unspecified atom stereocenters. The summed E-state index contributed by atoms with van der Waals surface area (Å²) in [5.41, 5.74) is 1.96. The summed E-state index contributed by atoms with van der Waals surface area (Å²) >= 11 is 0. The number of carbonyl (C=O) groups is 2. The Bertz CT molecular complexity index is 820. The third kappa shape index (κ3) is 5.08. The van der Waals surface area contributed by atoms with Gasteiger partial charge in [-0.15, -0.1) is 0 Å². The van der Waals surface area contributed by atoms with Crippen molar-refractivity contribution in [3.63, 3.8) is 0 Å². The summed E-state index contributed by atoms with van der Waals surface area (Å²) in [5.74, 6) is 2.60. The molecule has 3 saturated carbocycles. The van der Waals surface area contributed by atoms with Gasteiger partial charge in [0.2, 0.25) is 0 Å². The molecule has 3 nitrogen and oxygen atoms in total. The lowest BCUT2D eigenvalue weighted by molar-refractivity contribution is -0.137. The summed E-state index contributed by atoms with van der Waals surface area (Å²) < 4.78 is 0. The molecule has 0 aromatic carbocycles. The molecule has 0 amide bonds. The van der Waals surface area contributed by atoms with E-state index in [1.54, 1.807) is 0 Å². The molecule has 1 N–H and O–H groups in total. The summed E-state index contributed by atoms with van der Waals surface area (Å²) in [6, 6.07) is 0. The van der Waals surface area contributed by atoms with E-state index in [1.807, 2.05) is 12.2 Å². The topological polar surface area (TPSA) is 54.4 Å². The number of rotatable bonds is 10. The van der Waals surface area contributed by atoms with E-state index in [4.69, 9.17) is 5.11 Å². The van der Waals surface area contributed by atoms with Gasteiger partial charge in [0.05, 0.1) is 0 Å². The lowest BCUT2D eigenvalue weighted by atomic mass is 9.48. The zero-order valence-corrected chi connectivity index (χ0v) is 20.9. The van der Waals surface area contributed by atoms with Crippen LogP contribution < -0.4 is 0 Å². The monoisotopic (exact) mass is 452 g/mol. The largest absolute Gasteiger partial charge is 0.481 e. The minimum Gasteiger partial charge on any atom is -0.481 e. The molecule has 3 heteroatoms. The highest BCUT2D eigenvalue weighted by molar-refractivity contribution is 6.01. The number of hydrogen-bond donors (Lipinski definition) is 1. The molecule has 3 fully saturated rings. The van der Waals surface area contributed by atoms with Crippen molar-refractivity contribution in [2.75, 3.05) is 0 Å². The molecule has 0 spiro atoms. The van der Waals surface area contributed by atoms with Crippen LogP contribution in [0.2, 0.25) is 0 Å². The van der Waals surface area contributed by atoms with Crippen molar-refractivity contribution in [1.82, 2.24) is 0 Å². The predicted octanol–water partition coefficient (Wildman–Crippen LogP) is 7.67. The van der Waals surface area contributed by atoms with Crippen LogP contribution in [0.1, 0.15) is 104 Å². The van der Waals surface area contributed by atoms with Crippen LogP contribution in [0.3, 0.4) is 0 Å². The van der Waals surface area contributed by atoms with E-state index >= 15 is 0 Å². The second-order valence-electron chi connectivity index (χ2n) is 11.8. The Morgan fingerprint density at radius 1 is 1.03 bits per heavy atom. The van der Waals surface area contributed by atoms with E-state index in [0.717, 1.165) is 37.0 Å². The lowest BCUT2D eigenvalue weighted by Crippen LogP contribution is -2.49.